The number of fused-ring (bicyclic) bond motifs is 1. The van der Waals surface area contributed by atoms with Gasteiger partial charge in [0.2, 0.25) is 5.91 Å². The molecule has 0 aliphatic carbocycles. The van der Waals surface area contributed by atoms with E-state index in [1.165, 1.54) is 23.9 Å². The number of hydrogen-bond acceptors (Lipinski definition) is 3. The van der Waals surface area contributed by atoms with Crippen molar-refractivity contribution in [1.29, 1.82) is 0 Å². The molecule has 0 fully saturated rings. The number of nitrogens with one attached hydrogen (secondary N) is 1. The molecule has 1 N–H and O–H groups in total. The molecule has 24 heavy (non-hydrogen) atoms. The average molecular weight is 401 g/mol. The van der Waals surface area contributed by atoms with Crippen molar-refractivity contribution >= 4 is 63.7 Å². The molecule has 3 aromatic rings. The van der Waals surface area contributed by atoms with Gasteiger partial charge < -0.3 is 5.32 Å². The van der Waals surface area contributed by atoms with Gasteiger partial charge in [0.1, 0.15) is 0 Å². The molecule has 0 aliphatic heterocycles. The third kappa shape index (κ3) is 3.64. The van der Waals surface area contributed by atoms with Crippen LogP contribution in [0.1, 0.15) is 6.92 Å². The van der Waals surface area contributed by atoms with Crippen molar-refractivity contribution in [2.24, 2.45) is 0 Å². The Balaban J connectivity index is 1.74. The molecule has 1 unspecified atom stereocenters. The summed E-state index contributed by atoms with van der Waals surface area (Å²) < 4.78 is 1.93. The van der Waals surface area contributed by atoms with Gasteiger partial charge in [0.05, 0.1) is 37.7 Å². The molecule has 8 heteroatoms. The molecule has 1 atom stereocenters. The predicted octanol–water partition coefficient (Wildman–Crippen LogP) is 5.41. The minimum absolute atomic E-state index is 0.201. The van der Waals surface area contributed by atoms with E-state index in [9.17, 15) is 4.79 Å². The first-order chi connectivity index (χ1) is 11.5. The molecule has 0 radical (unpaired) electrons. The number of carbonyl (C=O) groups is 1. The van der Waals surface area contributed by atoms with Crippen molar-refractivity contribution in [1.82, 2.24) is 9.38 Å². The molecule has 1 aromatic carbocycles. The van der Waals surface area contributed by atoms with E-state index in [0.29, 0.717) is 20.8 Å². The molecule has 3 rings (SSSR count). The fraction of sp³-hybridized carbons (Fsp3) is 0.125. The fourth-order valence-corrected chi connectivity index (χ4v) is 3.54. The summed E-state index contributed by atoms with van der Waals surface area (Å²) in [6.07, 6.45) is 3.67. The van der Waals surface area contributed by atoms with Gasteiger partial charge in [-0.3, -0.25) is 9.20 Å². The van der Waals surface area contributed by atoms with E-state index in [-0.39, 0.29) is 11.2 Å². The lowest BCUT2D eigenvalue weighted by molar-refractivity contribution is -0.115. The highest BCUT2D eigenvalue weighted by molar-refractivity contribution is 8.00. The molecule has 0 spiro atoms. The van der Waals surface area contributed by atoms with Crippen LogP contribution < -0.4 is 5.32 Å². The van der Waals surface area contributed by atoms with Gasteiger partial charge in [-0.05, 0) is 31.2 Å². The van der Waals surface area contributed by atoms with Gasteiger partial charge in [-0.25, -0.2) is 4.98 Å². The van der Waals surface area contributed by atoms with Crippen molar-refractivity contribution in [2.75, 3.05) is 5.32 Å². The van der Waals surface area contributed by atoms with Gasteiger partial charge in [-0.2, -0.15) is 0 Å². The zero-order valence-corrected chi connectivity index (χ0v) is 15.5. The summed E-state index contributed by atoms with van der Waals surface area (Å²) in [5.74, 6) is -0.201. The Labute approximate surface area is 158 Å². The van der Waals surface area contributed by atoms with Crippen molar-refractivity contribution in [3.05, 3.63) is 57.8 Å². The lowest BCUT2D eigenvalue weighted by Gasteiger charge is -2.13. The molecule has 0 aliphatic rings. The number of nitrogens with zero attached hydrogens (tertiary/aromatic N) is 2. The quantitative estimate of drug-likeness (QED) is 0.470. The third-order valence-corrected chi connectivity index (χ3v) is 5.44. The number of imidazole rings is 1. The summed E-state index contributed by atoms with van der Waals surface area (Å²) in [6.45, 7) is 1.80. The number of aromatic nitrogens is 2. The Hall–Kier alpha value is -1.40. The Morgan fingerprint density at radius 1 is 1.21 bits per heavy atom. The van der Waals surface area contributed by atoms with E-state index in [1.54, 1.807) is 13.1 Å². The number of hydrogen-bond donors (Lipinski definition) is 1. The number of halogens is 3. The number of benzene rings is 1. The van der Waals surface area contributed by atoms with Crippen LogP contribution in [0.4, 0.5) is 5.69 Å². The summed E-state index contributed by atoms with van der Waals surface area (Å²) in [7, 11) is 0. The summed E-state index contributed by atoms with van der Waals surface area (Å²) in [4.78, 5) is 16.8. The van der Waals surface area contributed by atoms with Crippen LogP contribution in [0.5, 0.6) is 0 Å². The lowest BCUT2D eigenvalue weighted by Crippen LogP contribution is -2.22. The van der Waals surface area contributed by atoms with E-state index in [4.69, 9.17) is 34.8 Å². The maximum Gasteiger partial charge on any atom is 0.237 e. The van der Waals surface area contributed by atoms with Gasteiger partial charge >= 0.3 is 0 Å². The fourth-order valence-electron chi connectivity index (χ4n) is 2.07. The van der Waals surface area contributed by atoms with Crippen LogP contribution in [-0.4, -0.2) is 20.5 Å². The largest absolute Gasteiger partial charge is 0.324 e. The minimum atomic E-state index is -0.374. The van der Waals surface area contributed by atoms with Crippen LogP contribution in [0, 0.1) is 0 Å². The van der Waals surface area contributed by atoms with Gasteiger partial charge in [0.25, 0.3) is 0 Å². The highest BCUT2D eigenvalue weighted by Crippen LogP contribution is 2.33. The maximum absolute atomic E-state index is 12.4. The first-order valence-corrected chi connectivity index (χ1v) is 9.01. The van der Waals surface area contributed by atoms with E-state index >= 15 is 0 Å². The molecule has 4 nitrogen and oxygen atoms in total. The van der Waals surface area contributed by atoms with E-state index in [0.717, 1.165) is 10.7 Å². The van der Waals surface area contributed by atoms with Gasteiger partial charge in [0.15, 0.2) is 5.16 Å². The topological polar surface area (TPSA) is 46.4 Å². The molecule has 2 aromatic heterocycles. The van der Waals surface area contributed by atoms with E-state index in [1.807, 2.05) is 28.8 Å². The normalized spacial score (nSPS) is 12.3. The van der Waals surface area contributed by atoms with Crippen molar-refractivity contribution < 1.29 is 4.79 Å². The van der Waals surface area contributed by atoms with Gasteiger partial charge in [-0.1, -0.05) is 52.6 Å². The van der Waals surface area contributed by atoms with Gasteiger partial charge in [0, 0.05) is 6.20 Å². The molecule has 0 saturated carbocycles. The van der Waals surface area contributed by atoms with Crippen molar-refractivity contribution in [3.63, 3.8) is 0 Å². The number of anilines is 1. The standard InChI is InChI=1S/C16H12Cl3N3OS/c1-9(24-16-20-8-10-4-2-3-5-22(10)16)15(23)21-14-7-12(18)11(17)6-13(14)19/h2-9H,1H3,(H,21,23). The number of rotatable bonds is 4. The SMILES string of the molecule is CC(Sc1ncc2ccccn12)C(=O)Nc1cc(Cl)c(Cl)cc1Cl. The monoisotopic (exact) mass is 399 g/mol. The van der Waals surface area contributed by atoms with Crippen LogP contribution in [0.15, 0.2) is 47.9 Å². The lowest BCUT2D eigenvalue weighted by atomic mass is 10.3. The minimum Gasteiger partial charge on any atom is -0.324 e. The Morgan fingerprint density at radius 3 is 2.75 bits per heavy atom. The zero-order valence-electron chi connectivity index (χ0n) is 12.5. The average Bonchev–Trinajstić information content (AvgIpc) is 2.95. The Morgan fingerprint density at radius 2 is 1.96 bits per heavy atom. The second kappa shape index (κ2) is 7.23. The molecule has 1 amide bonds. The highest BCUT2D eigenvalue weighted by Gasteiger charge is 2.19. The number of pyridine rings is 1. The van der Waals surface area contributed by atoms with Crippen LogP contribution in [0.2, 0.25) is 15.1 Å². The van der Waals surface area contributed by atoms with Crippen molar-refractivity contribution in [2.45, 2.75) is 17.3 Å². The summed E-state index contributed by atoms with van der Waals surface area (Å²) >= 11 is 19.3. The van der Waals surface area contributed by atoms with Crippen LogP contribution in [0.3, 0.4) is 0 Å². The summed E-state index contributed by atoms with van der Waals surface area (Å²) in [5.41, 5.74) is 1.40. The predicted molar refractivity (Wildman–Crippen MR) is 101 cm³/mol. The smallest absolute Gasteiger partial charge is 0.237 e. The van der Waals surface area contributed by atoms with Crippen molar-refractivity contribution in [3.8, 4) is 0 Å². The second-order valence-corrected chi connectivity index (χ2v) is 7.56. The zero-order chi connectivity index (χ0) is 17.3. The van der Waals surface area contributed by atoms with Crippen LogP contribution >= 0.6 is 46.6 Å². The number of carbonyl (C=O) groups excluding carboxylic acids is 1. The van der Waals surface area contributed by atoms with Crippen LogP contribution in [0.25, 0.3) is 5.52 Å². The third-order valence-electron chi connectivity index (χ3n) is 3.32. The van der Waals surface area contributed by atoms with Gasteiger partial charge in [-0.15, -0.1) is 0 Å². The maximum atomic E-state index is 12.4. The molecule has 2 heterocycles. The highest BCUT2D eigenvalue weighted by atomic mass is 35.5. The Kier molecular flexibility index (Phi) is 5.25. The van der Waals surface area contributed by atoms with E-state index in [2.05, 4.69) is 10.3 Å². The number of amides is 1. The summed E-state index contributed by atoms with van der Waals surface area (Å²) in [6, 6.07) is 8.84. The first-order valence-electron chi connectivity index (χ1n) is 7.00. The second-order valence-electron chi connectivity index (χ2n) is 5.03. The molecular weight excluding hydrogens is 389 g/mol. The molecule has 0 saturated heterocycles. The Bertz CT molecular complexity index is 913. The number of thioether (sulfide) groups is 1. The molecule has 124 valence electrons. The molecular formula is C16H12Cl3N3OS. The van der Waals surface area contributed by atoms with Crippen LogP contribution in [-0.2, 0) is 4.79 Å². The summed E-state index contributed by atoms with van der Waals surface area (Å²) in [5, 5.41) is 4.14. The van der Waals surface area contributed by atoms with E-state index < -0.39 is 0 Å². The molecule has 0 bridgehead atoms. The first kappa shape index (κ1) is 17.4.